The smallest absolute Gasteiger partial charge is 0.407 e. The number of ether oxygens (including phenoxy) is 1. The molecule has 0 heterocycles. The van der Waals surface area contributed by atoms with Crippen molar-refractivity contribution in [3.63, 3.8) is 0 Å². The number of nitrogens with one attached hydrogen (secondary N) is 2. The summed E-state index contributed by atoms with van der Waals surface area (Å²) in [5.41, 5.74) is 4.63. The van der Waals surface area contributed by atoms with Crippen LogP contribution in [0, 0.1) is 11.8 Å². The fraction of sp³-hybridized carbons (Fsp3) is 0.423. The molecule has 1 fully saturated rings. The maximum Gasteiger partial charge on any atom is 0.407 e. The maximum atomic E-state index is 12.7. The highest BCUT2D eigenvalue weighted by atomic mass is 16.5. The highest BCUT2D eigenvalue weighted by Crippen LogP contribution is 2.44. The highest BCUT2D eigenvalue weighted by molar-refractivity contribution is 5.80. The van der Waals surface area contributed by atoms with Gasteiger partial charge in [-0.05, 0) is 41.0 Å². The quantitative estimate of drug-likeness (QED) is 0.537. The van der Waals surface area contributed by atoms with Gasteiger partial charge < -0.3 is 20.5 Å². The summed E-state index contributed by atoms with van der Waals surface area (Å²) in [5, 5.41) is 14.5. The molecule has 1 saturated carbocycles. The monoisotopic (exact) mass is 450 g/mol. The summed E-state index contributed by atoms with van der Waals surface area (Å²) < 4.78 is 5.64. The van der Waals surface area contributed by atoms with Gasteiger partial charge in [-0.3, -0.25) is 9.59 Å². The van der Waals surface area contributed by atoms with Gasteiger partial charge in [0.15, 0.2) is 0 Å². The number of amides is 2. The number of carbonyl (C=O) groups excluding carboxylic acids is 2. The second kappa shape index (κ2) is 10.1. The Kier molecular flexibility index (Phi) is 6.96. The van der Waals surface area contributed by atoms with Crippen LogP contribution >= 0.6 is 0 Å². The van der Waals surface area contributed by atoms with E-state index in [1.165, 1.54) is 11.1 Å². The largest absolute Gasteiger partial charge is 0.481 e. The number of benzene rings is 2. The van der Waals surface area contributed by atoms with Crippen molar-refractivity contribution < 1.29 is 24.2 Å². The third-order valence-electron chi connectivity index (χ3n) is 6.80. The normalized spacial score (nSPS) is 16.6. The zero-order valence-electron chi connectivity index (χ0n) is 18.8. The molecular formula is C26H30N2O5. The fourth-order valence-corrected chi connectivity index (χ4v) is 4.60. The minimum Gasteiger partial charge on any atom is -0.481 e. The molecule has 0 saturated heterocycles. The van der Waals surface area contributed by atoms with Crippen LogP contribution in [0.25, 0.3) is 11.1 Å². The summed E-state index contributed by atoms with van der Waals surface area (Å²) in [4.78, 5) is 36.0. The van der Waals surface area contributed by atoms with E-state index in [-0.39, 0.29) is 43.4 Å². The molecule has 174 valence electrons. The third kappa shape index (κ3) is 5.18. The standard InChI is InChI=1S/C26H30N2O5/c1-16(25(30)31)14-27-24(29)13-23(17-7-6-8-17)28-26(32)33-15-22-20-11-4-2-9-18(20)19-10-3-5-12-21(19)22/h2-5,9-12,16-17,22-23H,6-8,13-15H2,1H3,(H,27,29)(H,28,32)(H,30,31). The minimum atomic E-state index is -0.956. The van der Waals surface area contributed by atoms with Crippen molar-refractivity contribution in [2.45, 2.75) is 44.6 Å². The average molecular weight is 451 g/mol. The number of hydrogen-bond acceptors (Lipinski definition) is 4. The van der Waals surface area contributed by atoms with Crippen LogP contribution in [0.2, 0.25) is 0 Å². The summed E-state index contributed by atoms with van der Waals surface area (Å²) in [6, 6.07) is 16.0. The predicted octanol–water partition coefficient (Wildman–Crippen LogP) is 3.92. The molecule has 3 N–H and O–H groups in total. The van der Waals surface area contributed by atoms with Crippen LogP contribution in [0.4, 0.5) is 4.79 Å². The summed E-state index contributed by atoms with van der Waals surface area (Å²) in [6.45, 7) is 1.83. The lowest BCUT2D eigenvalue weighted by molar-refractivity contribution is -0.141. The van der Waals surface area contributed by atoms with E-state index in [0.717, 1.165) is 30.4 Å². The van der Waals surface area contributed by atoms with E-state index in [1.54, 1.807) is 6.92 Å². The first kappa shape index (κ1) is 22.8. The lowest BCUT2D eigenvalue weighted by Gasteiger charge is -2.33. The molecular weight excluding hydrogens is 420 g/mol. The molecule has 0 aliphatic heterocycles. The number of rotatable bonds is 9. The van der Waals surface area contributed by atoms with Gasteiger partial charge in [-0.25, -0.2) is 4.79 Å². The molecule has 4 rings (SSSR count). The fourth-order valence-electron chi connectivity index (χ4n) is 4.60. The Morgan fingerprint density at radius 2 is 1.64 bits per heavy atom. The molecule has 0 bridgehead atoms. The Morgan fingerprint density at radius 3 is 2.18 bits per heavy atom. The van der Waals surface area contributed by atoms with Gasteiger partial charge in [0.25, 0.3) is 0 Å². The Bertz CT molecular complexity index is 987. The van der Waals surface area contributed by atoms with Crippen LogP contribution in [0.5, 0.6) is 0 Å². The number of carboxylic acid groups (broad SMARTS) is 1. The Balaban J connectivity index is 1.35. The van der Waals surface area contributed by atoms with E-state index in [1.807, 2.05) is 24.3 Å². The van der Waals surface area contributed by atoms with Gasteiger partial charge in [-0.15, -0.1) is 0 Å². The van der Waals surface area contributed by atoms with E-state index in [0.29, 0.717) is 0 Å². The van der Waals surface area contributed by atoms with Crippen LogP contribution in [0.3, 0.4) is 0 Å². The van der Waals surface area contributed by atoms with E-state index in [9.17, 15) is 14.4 Å². The Hall–Kier alpha value is -3.35. The number of carbonyl (C=O) groups is 3. The first-order valence-corrected chi connectivity index (χ1v) is 11.5. The summed E-state index contributed by atoms with van der Waals surface area (Å²) in [6.07, 6.45) is 2.56. The molecule has 2 aliphatic carbocycles. The molecule has 0 spiro atoms. The van der Waals surface area contributed by atoms with Crippen molar-refractivity contribution in [2.24, 2.45) is 11.8 Å². The van der Waals surface area contributed by atoms with Crippen molar-refractivity contribution in [2.75, 3.05) is 13.2 Å². The highest BCUT2D eigenvalue weighted by Gasteiger charge is 2.32. The number of carboxylic acids is 1. The summed E-state index contributed by atoms with van der Waals surface area (Å²) >= 11 is 0. The second-order valence-corrected chi connectivity index (χ2v) is 9.01. The molecule has 2 aromatic carbocycles. The Labute approximate surface area is 193 Å². The lowest BCUT2D eigenvalue weighted by Crippen LogP contribution is -2.46. The molecule has 33 heavy (non-hydrogen) atoms. The zero-order valence-corrected chi connectivity index (χ0v) is 18.8. The van der Waals surface area contributed by atoms with Gasteiger partial charge in [-0.2, -0.15) is 0 Å². The number of aliphatic carboxylic acids is 1. The van der Waals surface area contributed by atoms with E-state index in [2.05, 4.69) is 34.9 Å². The molecule has 2 atom stereocenters. The minimum absolute atomic E-state index is 0.0221. The Morgan fingerprint density at radius 1 is 1.03 bits per heavy atom. The van der Waals surface area contributed by atoms with Gasteiger partial charge >= 0.3 is 12.1 Å². The predicted molar refractivity (Wildman–Crippen MR) is 124 cm³/mol. The van der Waals surface area contributed by atoms with Gasteiger partial charge in [-0.1, -0.05) is 61.9 Å². The molecule has 0 aromatic heterocycles. The first-order valence-electron chi connectivity index (χ1n) is 11.5. The van der Waals surface area contributed by atoms with E-state index >= 15 is 0 Å². The molecule has 2 unspecified atom stereocenters. The van der Waals surface area contributed by atoms with Crippen molar-refractivity contribution in [3.05, 3.63) is 59.7 Å². The molecule has 7 heteroatoms. The van der Waals surface area contributed by atoms with Crippen molar-refractivity contribution in [3.8, 4) is 11.1 Å². The van der Waals surface area contributed by atoms with Crippen LogP contribution in [0.1, 0.15) is 49.7 Å². The SMILES string of the molecule is CC(CNC(=O)CC(NC(=O)OCC1c2ccccc2-c2ccccc21)C1CCC1)C(=O)O. The van der Waals surface area contributed by atoms with Crippen molar-refractivity contribution in [1.29, 1.82) is 0 Å². The van der Waals surface area contributed by atoms with Gasteiger partial charge in [0, 0.05) is 24.9 Å². The second-order valence-electron chi connectivity index (χ2n) is 9.01. The average Bonchev–Trinajstić information content (AvgIpc) is 3.08. The maximum absolute atomic E-state index is 12.7. The van der Waals surface area contributed by atoms with Crippen molar-refractivity contribution >= 4 is 18.0 Å². The number of alkyl carbamates (subject to hydrolysis) is 1. The van der Waals surface area contributed by atoms with E-state index in [4.69, 9.17) is 9.84 Å². The molecule has 2 aliphatic rings. The summed E-state index contributed by atoms with van der Waals surface area (Å²) in [5.74, 6) is -1.67. The lowest BCUT2D eigenvalue weighted by atomic mass is 9.78. The van der Waals surface area contributed by atoms with Crippen LogP contribution in [-0.2, 0) is 14.3 Å². The van der Waals surface area contributed by atoms with Gasteiger partial charge in [0.2, 0.25) is 5.91 Å². The van der Waals surface area contributed by atoms with Crippen LogP contribution in [-0.4, -0.2) is 42.3 Å². The summed E-state index contributed by atoms with van der Waals surface area (Å²) in [7, 11) is 0. The number of fused-ring (bicyclic) bond motifs is 3. The van der Waals surface area contributed by atoms with Gasteiger partial charge in [0.05, 0.1) is 5.92 Å². The van der Waals surface area contributed by atoms with Crippen LogP contribution < -0.4 is 10.6 Å². The van der Waals surface area contributed by atoms with E-state index < -0.39 is 18.0 Å². The third-order valence-corrected chi connectivity index (χ3v) is 6.80. The van der Waals surface area contributed by atoms with Crippen LogP contribution in [0.15, 0.2) is 48.5 Å². The topological polar surface area (TPSA) is 105 Å². The zero-order chi connectivity index (χ0) is 23.4. The van der Waals surface area contributed by atoms with Gasteiger partial charge in [0.1, 0.15) is 6.61 Å². The molecule has 7 nitrogen and oxygen atoms in total. The molecule has 2 amide bonds. The molecule has 0 radical (unpaired) electrons. The van der Waals surface area contributed by atoms with Crippen molar-refractivity contribution in [1.82, 2.24) is 10.6 Å². The number of hydrogen-bond donors (Lipinski definition) is 3. The first-order chi connectivity index (χ1) is 15.9. The molecule has 2 aromatic rings.